The zero-order chi connectivity index (χ0) is 20.1. The van der Waals surface area contributed by atoms with E-state index in [4.69, 9.17) is 32.7 Å². The first-order valence-corrected chi connectivity index (χ1v) is 10.0. The maximum Gasteiger partial charge on any atom is 0.246 e. The molecule has 1 N–H and O–H groups in total. The monoisotopic (exact) mass is 422 g/mol. The van der Waals surface area contributed by atoms with Crippen LogP contribution >= 0.6 is 23.2 Å². The fourth-order valence-electron chi connectivity index (χ4n) is 3.56. The van der Waals surface area contributed by atoms with Crippen molar-refractivity contribution in [2.75, 3.05) is 32.6 Å². The highest BCUT2D eigenvalue weighted by molar-refractivity contribution is 6.35. The van der Waals surface area contributed by atoms with Gasteiger partial charge in [-0.2, -0.15) is 0 Å². The van der Waals surface area contributed by atoms with Crippen molar-refractivity contribution in [2.45, 2.75) is 25.3 Å². The summed E-state index contributed by atoms with van der Waals surface area (Å²) in [7, 11) is 3.16. The molecule has 2 aromatic rings. The molecule has 0 bridgehead atoms. The van der Waals surface area contributed by atoms with Crippen molar-refractivity contribution in [2.24, 2.45) is 0 Å². The number of methoxy groups -OCH3 is 2. The number of hydrogen-bond acceptors (Lipinski definition) is 4. The van der Waals surface area contributed by atoms with Crippen LogP contribution in [0.3, 0.4) is 0 Å². The highest BCUT2D eigenvalue weighted by Crippen LogP contribution is 2.39. The highest BCUT2D eigenvalue weighted by Gasteiger charge is 2.32. The fourth-order valence-corrected chi connectivity index (χ4v) is 4.15. The van der Waals surface area contributed by atoms with Crippen LogP contribution in [-0.4, -0.2) is 38.1 Å². The van der Waals surface area contributed by atoms with E-state index in [1.165, 1.54) is 0 Å². The summed E-state index contributed by atoms with van der Waals surface area (Å²) in [4.78, 5) is 15.5. The van der Waals surface area contributed by atoms with Gasteiger partial charge in [0.1, 0.15) is 17.5 Å². The average Bonchev–Trinajstić information content (AvgIpc) is 2.69. The van der Waals surface area contributed by atoms with Crippen LogP contribution in [0.15, 0.2) is 36.4 Å². The minimum absolute atomic E-state index is 0.149. The number of halogens is 2. The summed E-state index contributed by atoms with van der Waals surface area (Å²) >= 11 is 12.6. The standard InChI is InChI=1S/C21H24Cl2N2O3/c1-27-16-8-6-15(7-9-16)24-21(26)19(25-10-4-3-5-11-25)17-12-14(22)13-18(23)20(17)28-2/h6-9,12-13,19H,3-5,10-11H2,1-2H3,(H,24,26). The number of hydrogen-bond donors (Lipinski definition) is 1. The first-order valence-electron chi connectivity index (χ1n) is 9.25. The van der Waals surface area contributed by atoms with Gasteiger partial charge in [0.25, 0.3) is 0 Å². The Balaban J connectivity index is 1.96. The van der Waals surface area contributed by atoms with E-state index in [2.05, 4.69) is 10.2 Å². The molecule has 0 aliphatic carbocycles. The zero-order valence-corrected chi connectivity index (χ0v) is 17.5. The van der Waals surface area contributed by atoms with Crippen LogP contribution < -0.4 is 14.8 Å². The second-order valence-electron chi connectivity index (χ2n) is 6.73. The number of rotatable bonds is 6. The Kier molecular flexibility index (Phi) is 7.05. The number of carbonyl (C=O) groups excluding carboxylic acids is 1. The number of carbonyl (C=O) groups is 1. The number of ether oxygens (including phenoxy) is 2. The molecule has 1 atom stereocenters. The van der Waals surface area contributed by atoms with Crippen molar-refractivity contribution >= 4 is 34.8 Å². The van der Waals surface area contributed by atoms with Crippen LogP contribution in [0.1, 0.15) is 30.9 Å². The maximum absolute atomic E-state index is 13.3. The van der Waals surface area contributed by atoms with Crippen LogP contribution in [0.5, 0.6) is 11.5 Å². The first kappa shape index (κ1) is 20.8. The lowest BCUT2D eigenvalue weighted by molar-refractivity contribution is -0.122. The largest absolute Gasteiger partial charge is 0.497 e. The molecule has 0 saturated carbocycles. The van der Waals surface area contributed by atoms with Crippen molar-refractivity contribution in [1.29, 1.82) is 0 Å². The summed E-state index contributed by atoms with van der Waals surface area (Å²) in [5.41, 5.74) is 1.37. The molecular weight excluding hydrogens is 399 g/mol. The molecule has 1 fully saturated rings. The summed E-state index contributed by atoms with van der Waals surface area (Å²) in [5, 5.41) is 3.87. The Labute approximate surface area is 175 Å². The van der Waals surface area contributed by atoms with Crippen LogP contribution in [0.25, 0.3) is 0 Å². The van der Waals surface area contributed by atoms with E-state index >= 15 is 0 Å². The summed E-state index contributed by atoms with van der Waals surface area (Å²) in [6.07, 6.45) is 3.25. The molecule has 7 heteroatoms. The molecule has 150 valence electrons. The second-order valence-corrected chi connectivity index (χ2v) is 7.57. The molecule has 0 spiro atoms. The Bertz CT molecular complexity index is 821. The fraction of sp³-hybridized carbons (Fsp3) is 0.381. The van der Waals surface area contributed by atoms with Gasteiger partial charge in [0.15, 0.2) is 0 Å². The zero-order valence-electron chi connectivity index (χ0n) is 16.0. The Morgan fingerprint density at radius 2 is 1.71 bits per heavy atom. The number of piperidine rings is 1. The van der Waals surface area contributed by atoms with Crippen molar-refractivity contribution in [1.82, 2.24) is 4.90 Å². The van der Waals surface area contributed by atoms with E-state index in [1.54, 1.807) is 26.4 Å². The molecule has 3 rings (SSSR count). The maximum atomic E-state index is 13.3. The summed E-state index contributed by atoms with van der Waals surface area (Å²) in [6, 6.07) is 10.1. The number of nitrogens with one attached hydrogen (secondary N) is 1. The highest BCUT2D eigenvalue weighted by atomic mass is 35.5. The molecule has 5 nitrogen and oxygen atoms in total. The van der Waals surface area contributed by atoms with Gasteiger partial charge in [0.05, 0.1) is 19.2 Å². The molecule has 0 radical (unpaired) electrons. The lowest BCUT2D eigenvalue weighted by Crippen LogP contribution is -2.40. The Morgan fingerprint density at radius 3 is 2.32 bits per heavy atom. The summed E-state index contributed by atoms with van der Waals surface area (Å²) < 4.78 is 10.7. The van der Waals surface area contributed by atoms with Gasteiger partial charge in [0.2, 0.25) is 5.91 Å². The number of likely N-dealkylation sites (tertiary alicyclic amines) is 1. The van der Waals surface area contributed by atoms with Gasteiger partial charge in [-0.05, 0) is 62.3 Å². The summed E-state index contributed by atoms with van der Waals surface area (Å²) in [5.74, 6) is 1.06. The molecule has 1 unspecified atom stereocenters. The minimum atomic E-state index is -0.548. The lowest BCUT2D eigenvalue weighted by atomic mass is 9.99. The third kappa shape index (κ3) is 4.72. The van der Waals surface area contributed by atoms with E-state index in [0.29, 0.717) is 27.0 Å². The average molecular weight is 423 g/mol. The Hall–Kier alpha value is -1.95. The number of anilines is 1. The third-order valence-electron chi connectivity index (χ3n) is 4.90. The third-order valence-corrected chi connectivity index (χ3v) is 5.40. The van der Waals surface area contributed by atoms with Gasteiger partial charge in [-0.15, -0.1) is 0 Å². The van der Waals surface area contributed by atoms with Gasteiger partial charge < -0.3 is 14.8 Å². The van der Waals surface area contributed by atoms with Gasteiger partial charge in [0, 0.05) is 16.3 Å². The predicted molar refractivity (Wildman–Crippen MR) is 113 cm³/mol. The van der Waals surface area contributed by atoms with Crippen LogP contribution in [0.2, 0.25) is 10.0 Å². The molecule has 1 heterocycles. The van der Waals surface area contributed by atoms with Crippen molar-refractivity contribution < 1.29 is 14.3 Å². The van der Waals surface area contributed by atoms with Gasteiger partial charge in [-0.3, -0.25) is 9.69 Å². The predicted octanol–water partition coefficient (Wildman–Crippen LogP) is 5.18. The molecule has 2 aromatic carbocycles. The van der Waals surface area contributed by atoms with E-state index in [0.717, 1.165) is 38.1 Å². The smallest absolute Gasteiger partial charge is 0.246 e. The van der Waals surface area contributed by atoms with Crippen molar-refractivity contribution in [3.63, 3.8) is 0 Å². The molecule has 0 aromatic heterocycles. The van der Waals surface area contributed by atoms with Crippen molar-refractivity contribution in [3.05, 3.63) is 52.0 Å². The lowest BCUT2D eigenvalue weighted by Gasteiger charge is -2.34. The Morgan fingerprint density at radius 1 is 1.04 bits per heavy atom. The normalized spacial score (nSPS) is 15.7. The second kappa shape index (κ2) is 9.50. The molecule has 1 aliphatic heterocycles. The van der Waals surface area contributed by atoms with Crippen LogP contribution in [-0.2, 0) is 4.79 Å². The SMILES string of the molecule is COc1ccc(NC(=O)C(c2cc(Cl)cc(Cl)c2OC)N2CCCCC2)cc1. The van der Waals surface area contributed by atoms with Crippen LogP contribution in [0, 0.1) is 0 Å². The van der Waals surface area contributed by atoms with Crippen molar-refractivity contribution in [3.8, 4) is 11.5 Å². The number of nitrogens with zero attached hydrogens (tertiary/aromatic N) is 1. The van der Waals surface area contributed by atoms with E-state index in [1.807, 2.05) is 24.3 Å². The first-order chi connectivity index (χ1) is 13.5. The minimum Gasteiger partial charge on any atom is -0.497 e. The summed E-state index contributed by atoms with van der Waals surface area (Å²) in [6.45, 7) is 1.65. The van der Waals surface area contributed by atoms with Crippen LogP contribution in [0.4, 0.5) is 5.69 Å². The number of amides is 1. The van der Waals surface area contributed by atoms with E-state index in [-0.39, 0.29) is 5.91 Å². The molecule has 1 saturated heterocycles. The van der Waals surface area contributed by atoms with E-state index in [9.17, 15) is 4.79 Å². The van der Waals surface area contributed by atoms with Gasteiger partial charge in [-0.1, -0.05) is 29.6 Å². The quantitative estimate of drug-likeness (QED) is 0.696. The number of benzene rings is 2. The molecule has 1 aliphatic rings. The molecule has 28 heavy (non-hydrogen) atoms. The molecule has 1 amide bonds. The molecular formula is C21H24Cl2N2O3. The van der Waals surface area contributed by atoms with Gasteiger partial charge in [-0.25, -0.2) is 0 Å². The topological polar surface area (TPSA) is 50.8 Å². The van der Waals surface area contributed by atoms with Gasteiger partial charge >= 0.3 is 0 Å². The van der Waals surface area contributed by atoms with E-state index < -0.39 is 6.04 Å².